The number of piperidine rings is 1. The molecule has 1 aromatic rings. The predicted molar refractivity (Wildman–Crippen MR) is 67.9 cm³/mol. The summed E-state index contributed by atoms with van der Waals surface area (Å²) < 4.78 is 0. The van der Waals surface area contributed by atoms with Gasteiger partial charge in [0.25, 0.3) is 0 Å². The monoisotopic (exact) mass is 248 g/mol. The van der Waals surface area contributed by atoms with Crippen molar-refractivity contribution in [1.29, 1.82) is 0 Å². The number of amides is 1. The van der Waals surface area contributed by atoms with Crippen molar-refractivity contribution in [3.8, 4) is 0 Å². The van der Waals surface area contributed by atoms with Gasteiger partial charge in [0.1, 0.15) is 0 Å². The van der Waals surface area contributed by atoms with Crippen molar-refractivity contribution < 1.29 is 4.79 Å². The lowest BCUT2D eigenvalue weighted by molar-refractivity contribution is -0.135. The second kappa shape index (κ2) is 4.72. The molecule has 0 radical (unpaired) electrons. The van der Waals surface area contributed by atoms with Gasteiger partial charge >= 0.3 is 0 Å². The van der Waals surface area contributed by atoms with Gasteiger partial charge in [-0.05, 0) is 18.8 Å². The summed E-state index contributed by atoms with van der Waals surface area (Å²) in [5, 5.41) is 3.31. The second-order valence-corrected chi connectivity index (χ2v) is 5.50. The molecule has 3 heterocycles. The first kappa shape index (κ1) is 11.7. The first-order valence-corrected chi connectivity index (χ1v) is 6.77. The van der Waals surface area contributed by atoms with E-state index in [0.29, 0.717) is 12.3 Å². The molecule has 0 aromatic carbocycles. The van der Waals surface area contributed by atoms with Crippen LogP contribution in [0.15, 0.2) is 6.33 Å². The molecule has 2 unspecified atom stereocenters. The number of hydrogen-bond donors (Lipinski definition) is 2. The number of nitrogens with one attached hydrogen (secondary N) is 2. The van der Waals surface area contributed by atoms with E-state index in [-0.39, 0.29) is 11.9 Å². The van der Waals surface area contributed by atoms with Crippen LogP contribution in [-0.4, -0.2) is 39.9 Å². The minimum atomic E-state index is -0.0916. The highest BCUT2D eigenvalue weighted by Crippen LogP contribution is 2.19. The van der Waals surface area contributed by atoms with E-state index in [1.54, 1.807) is 6.33 Å². The van der Waals surface area contributed by atoms with Gasteiger partial charge in [-0.2, -0.15) is 0 Å². The molecule has 18 heavy (non-hydrogen) atoms. The molecule has 1 amide bonds. The quantitative estimate of drug-likeness (QED) is 0.768. The molecule has 3 rings (SSSR count). The summed E-state index contributed by atoms with van der Waals surface area (Å²) in [5.41, 5.74) is 2.16. The molecule has 98 valence electrons. The number of likely N-dealkylation sites (tertiary alicyclic amines) is 1. The van der Waals surface area contributed by atoms with Crippen LogP contribution in [-0.2, 0) is 17.8 Å². The van der Waals surface area contributed by atoms with Crippen molar-refractivity contribution >= 4 is 5.91 Å². The summed E-state index contributed by atoms with van der Waals surface area (Å²) in [5.74, 6) is 0.877. The highest BCUT2D eigenvalue weighted by atomic mass is 16.2. The molecule has 1 saturated heterocycles. The lowest BCUT2D eigenvalue weighted by Crippen LogP contribution is -2.51. The van der Waals surface area contributed by atoms with E-state index in [9.17, 15) is 4.79 Å². The van der Waals surface area contributed by atoms with Crippen molar-refractivity contribution in [3.63, 3.8) is 0 Å². The fourth-order valence-corrected chi connectivity index (χ4v) is 2.95. The van der Waals surface area contributed by atoms with E-state index in [1.165, 1.54) is 6.42 Å². The minimum Gasteiger partial charge on any atom is -0.347 e. The van der Waals surface area contributed by atoms with E-state index in [0.717, 1.165) is 37.4 Å². The molecule has 2 N–H and O–H groups in total. The maximum Gasteiger partial charge on any atom is 0.240 e. The van der Waals surface area contributed by atoms with Gasteiger partial charge in [0.05, 0.1) is 23.8 Å². The first-order chi connectivity index (χ1) is 8.74. The van der Waals surface area contributed by atoms with Gasteiger partial charge in [-0.25, -0.2) is 4.98 Å². The minimum absolute atomic E-state index is 0.0916. The predicted octanol–water partition coefficient (Wildman–Crippen LogP) is 0.682. The van der Waals surface area contributed by atoms with E-state index in [2.05, 4.69) is 22.2 Å². The Balaban J connectivity index is 1.67. The summed E-state index contributed by atoms with van der Waals surface area (Å²) in [7, 11) is 0. The number of fused-ring (bicyclic) bond motifs is 1. The Kier molecular flexibility index (Phi) is 3.07. The molecule has 5 nitrogen and oxygen atoms in total. The van der Waals surface area contributed by atoms with E-state index in [4.69, 9.17) is 0 Å². The fraction of sp³-hybridized carbons (Fsp3) is 0.692. The van der Waals surface area contributed by atoms with Crippen LogP contribution in [0, 0.1) is 5.92 Å². The summed E-state index contributed by atoms with van der Waals surface area (Å²) in [6.45, 7) is 4.76. The van der Waals surface area contributed by atoms with Crippen LogP contribution < -0.4 is 5.32 Å². The number of rotatable bonds is 1. The standard InChI is InChI=1S/C13H20N4O/c1-9-3-2-4-17(7-9)13(18)11-5-10-12(6-14-11)16-8-15-10/h8-9,11,14H,2-7H2,1H3,(H,15,16). The molecule has 5 heteroatoms. The average Bonchev–Trinajstić information content (AvgIpc) is 2.85. The Morgan fingerprint density at radius 1 is 1.56 bits per heavy atom. The second-order valence-electron chi connectivity index (χ2n) is 5.50. The van der Waals surface area contributed by atoms with Gasteiger partial charge in [-0.1, -0.05) is 6.92 Å². The molecular weight excluding hydrogens is 228 g/mol. The molecule has 2 atom stereocenters. The van der Waals surface area contributed by atoms with Gasteiger partial charge in [0.15, 0.2) is 0 Å². The van der Waals surface area contributed by atoms with Crippen LogP contribution in [0.3, 0.4) is 0 Å². The SMILES string of the molecule is CC1CCCN(C(=O)C2Cc3nc[nH]c3CN2)C1. The van der Waals surface area contributed by atoms with Gasteiger partial charge in [-0.15, -0.1) is 0 Å². The van der Waals surface area contributed by atoms with Gasteiger partial charge < -0.3 is 9.88 Å². The first-order valence-electron chi connectivity index (χ1n) is 6.77. The molecule has 2 aliphatic heterocycles. The van der Waals surface area contributed by atoms with Crippen molar-refractivity contribution in [2.75, 3.05) is 13.1 Å². The number of imidazole rings is 1. The average molecular weight is 248 g/mol. The van der Waals surface area contributed by atoms with Gasteiger partial charge in [0, 0.05) is 26.1 Å². The maximum atomic E-state index is 12.5. The zero-order valence-corrected chi connectivity index (χ0v) is 10.8. The van der Waals surface area contributed by atoms with Crippen molar-refractivity contribution in [1.82, 2.24) is 20.2 Å². The molecule has 0 aliphatic carbocycles. The largest absolute Gasteiger partial charge is 0.347 e. The molecule has 0 saturated carbocycles. The van der Waals surface area contributed by atoms with Crippen LogP contribution in [0.2, 0.25) is 0 Å². The van der Waals surface area contributed by atoms with Crippen molar-refractivity contribution in [3.05, 3.63) is 17.7 Å². The smallest absolute Gasteiger partial charge is 0.240 e. The van der Waals surface area contributed by atoms with Crippen LogP contribution in [0.5, 0.6) is 0 Å². The fourth-order valence-electron chi connectivity index (χ4n) is 2.95. The summed E-state index contributed by atoms with van der Waals surface area (Å²) in [6.07, 6.45) is 4.80. The van der Waals surface area contributed by atoms with Crippen molar-refractivity contribution in [2.45, 2.75) is 38.8 Å². The summed E-state index contributed by atoms with van der Waals surface area (Å²) in [4.78, 5) is 21.9. The number of hydrogen-bond acceptors (Lipinski definition) is 3. The topological polar surface area (TPSA) is 61.0 Å². The lowest BCUT2D eigenvalue weighted by Gasteiger charge is -2.34. The maximum absolute atomic E-state index is 12.5. The molecule has 0 spiro atoms. The normalized spacial score (nSPS) is 27.9. The lowest BCUT2D eigenvalue weighted by atomic mass is 9.98. The van der Waals surface area contributed by atoms with Crippen LogP contribution in [0.25, 0.3) is 0 Å². The third-order valence-corrected chi connectivity index (χ3v) is 4.00. The molecule has 0 bridgehead atoms. The van der Waals surface area contributed by atoms with Crippen LogP contribution >= 0.6 is 0 Å². The Bertz CT molecular complexity index is 442. The Hall–Kier alpha value is -1.36. The Morgan fingerprint density at radius 2 is 2.44 bits per heavy atom. The van der Waals surface area contributed by atoms with Gasteiger partial charge in [-0.3, -0.25) is 10.1 Å². The molecular formula is C13H20N4O. The summed E-state index contributed by atoms with van der Waals surface area (Å²) in [6, 6.07) is -0.0916. The highest BCUT2D eigenvalue weighted by molar-refractivity contribution is 5.82. The Morgan fingerprint density at radius 3 is 3.28 bits per heavy atom. The van der Waals surface area contributed by atoms with Gasteiger partial charge in [0.2, 0.25) is 5.91 Å². The highest BCUT2D eigenvalue weighted by Gasteiger charge is 2.30. The van der Waals surface area contributed by atoms with E-state index < -0.39 is 0 Å². The number of carbonyl (C=O) groups excluding carboxylic acids is 1. The Labute approximate surface area is 107 Å². The number of aromatic amines is 1. The third kappa shape index (κ3) is 2.14. The number of H-pyrrole nitrogens is 1. The summed E-state index contributed by atoms with van der Waals surface area (Å²) >= 11 is 0. The van der Waals surface area contributed by atoms with E-state index in [1.807, 2.05) is 4.90 Å². The van der Waals surface area contributed by atoms with Crippen LogP contribution in [0.1, 0.15) is 31.2 Å². The zero-order valence-electron chi connectivity index (χ0n) is 10.8. The number of carbonyl (C=O) groups is 1. The van der Waals surface area contributed by atoms with E-state index >= 15 is 0 Å². The molecule has 1 aromatic heterocycles. The van der Waals surface area contributed by atoms with Crippen molar-refractivity contribution in [2.24, 2.45) is 5.92 Å². The molecule has 2 aliphatic rings. The van der Waals surface area contributed by atoms with Crippen LogP contribution in [0.4, 0.5) is 0 Å². The molecule has 1 fully saturated rings. The third-order valence-electron chi connectivity index (χ3n) is 4.00. The zero-order chi connectivity index (χ0) is 12.5. The number of nitrogens with zero attached hydrogens (tertiary/aromatic N) is 2. The number of aromatic nitrogens is 2.